The van der Waals surface area contributed by atoms with Crippen LogP contribution in [0.15, 0.2) is 34.4 Å². The van der Waals surface area contributed by atoms with Crippen molar-refractivity contribution in [1.29, 1.82) is 5.41 Å². The van der Waals surface area contributed by atoms with Crippen LogP contribution in [0.4, 0.5) is 9.18 Å². The lowest BCUT2D eigenvalue weighted by atomic mass is 9.92. The second kappa shape index (κ2) is 10.8. The van der Waals surface area contributed by atoms with E-state index in [0.717, 1.165) is 29.5 Å². The molecule has 1 atom stereocenters. The van der Waals surface area contributed by atoms with Crippen LogP contribution in [0, 0.1) is 17.1 Å². The van der Waals surface area contributed by atoms with Crippen LogP contribution < -0.4 is 0 Å². The zero-order chi connectivity index (χ0) is 24.2. The number of halogens is 1. The lowest BCUT2D eigenvalue weighted by Gasteiger charge is -2.35. The van der Waals surface area contributed by atoms with E-state index in [9.17, 15) is 9.18 Å². The van der Waals surface area contributed by atoms with Gasteiger partial charge in [-0.15, -0.1) is 11.8 Å². The summed E-state index contributed by atoms with van der Waals surface area (Å²) in [6.07, 6.45) is 4.57. The number of H-pyrrole nitrogens is 1. The van der Waals surface area contributed by atoms with Gasteiger partial charge in [0, 0.05) is 35.3 Å². The molecule has 10 heteroatoms. The van der Waals surface area contributed by atoms with Gasteiger partial charge in [0.25, 0.3) is 5.23 Å². The number of hydrogen-bond acceptors (Lipinski definition) is 7. The minimum absolute atomic E-state index is 0.0242. The largest absolute Gasteiger partial charge is 0.470 e. The van der Waals surface area contributed by atoms with Gasteiger partial charge < -0.3 is 19.4 Å². The van der Waals surface area contributed by atoms with Crippen molar-refractivity contribution in [3.8, 4) is 11.3 Å². The van der Waals surface area contributed by atoms with Crippen molar-refractivity contribution >= 4 is 34.8 Å². The SMILES string of the molecule is CSc1ccc(-c2cnc(SC(=N)OC(C)C3CCN(C(=O)OC(C)(C)C)CC3)[nH]2)c(F)c1. The number of rotatable bonds is 5. The van der Waals surface area contributed by atoms with Gasteiger partial charge in [-0.1, -0.05) is 0 Å². The number of carbonyl (C=O) groups is 1. The number of piperidine rings is 1. The standard InChI is InChI=1S/C23H31FN4O3S2/c1-14(15-8-10-28(11-9-15)22(29)31-23(2,3)4)30-20(25)33-21-26-13-19(27-21)17-7-6-16(32-5)12-18(17)24/h6-7,12-15,25H,8-11H2,1-5H3,(H,26,27). The summed E-state index contributed by atoms with van der Waals surface area (Å²) in [5.74, 6) is -0.0828. The fourth-order valence-electron chi connectivity index (χ4n) is 3.59. The van der Waals surface area contributed by atoms with Crippen molar-refractivity contribution in [3.05, 3.63) is 30.2 Å². The maximum absolute atomic E-state index is 14.4. The maximum Gasteiger partial charge on any atom is 0.410 e. The normalized spacial score (nSPS) is 15.9. The number of ether oxygens (including phenoxy) is 2. The van der Waals surface area contributed by atoms with E-state index in [1.807, 2.05) is 40.0 Å². The van der Waals surface area contributed by atoms with E-state index < -0.39 is 5.60 Å². The molecule has 1 aromatic carbocycles. The summed E-state index contributed by atoms with van der Waals surface area (Å²) in [5.41, 5.74) is 0.481. The van der Waals surface area contributed by atoms with E-state index in [4.69, 9.17) is 14.9 Å². The van der Waals surface area contributed by atoms with Crippen molar-refractivity contribution in [1.82, 2.24) is 14.9 Å². The highest BCUT2D eigenvalue weighted by Gasteiger charge is 2.30. The molecule has 0 radical (unpaired) electrons. The van der Waals surface area contributed by atoms with Crippen molar-refractivity contribution in [3.63, 3.8) is 0 Å². The maximum atomic E-state index is 14.4. The Morgan fingerprint density at radius 2 is 2.03 bits per heavy atom. The molecule has 0 bridgehead atoms. The third-order valence-corrected chi connectivity index (χ3v) is 6.76. The van der Waals surface area contributed by atoms with E-state index in [1.165, 1.54) is 17.8 Å². The summed E-state index contributed by atoms with van der Waals surface area (Å²) in [7, 11) is 0. The molecule has 1 aromatic heterocycles. The average molecular weight is 495 g/mol. The predicted octanol–water partition coefficient (Wildman–Crippen LogP) is 6.02. The Bertz CT molecular complexity index is 984. The van der Waals surface area contributed by atoms with Crippen LogP contribution in [-0.4, -0.2) is 57.2 Å². The fourth-order valence-corrected chi connectivity index (χ4v) is 4.66. The molecule has 1 aliphatic rings. The Morgan fingerprint density at radius 3 is 2.64 bits per heavy atom. The number of hydrogen-bond donors (Lipinski definition) is 2. The van der Waals surface area contributed by atoms with Gasteiger partial charge >= 0.3 is 6.09 Å². The van der Waals surface area contributed by atoms with E-state index in [-0.39, 0.29) is 29.2 Å². The van der Waals surface area contributed by atoms with Crippen molar-refractivity contribution in [2.75, 3.05) is 19.3 Å². The molecule has 1 saturated heterocycles. The Morgan fingerprint density at radius 1 is 1.33 bits per heavy atom. The number of amides is 1. The summed E-state index contributed by atoms with van der Waals surface area (Å²) in [6.45, 7) is 8.73. The first-order valence-corrected chi connectivity index (χ1v) is 12.9. The first-order chi connectivity index (χ1) is 15.6. The fraction of sp³-hybridized carbons (Fsp3) is 0.522. The van der Waals surface area contributed by atoms with Gasteiger partial charge in [0.1, 0.15) is 17.5 Å². The zero-order valence-electron chi connectivity index (χ0n) is 19.6. The highest BCUT2D eigenvalue weighted by Crippen LogP contribution is 2.29. The van der Waals surface area contributed by atoms with Gasteiger partial charge in [-0.05, 0) is 70.9 Å². The lowest BCUT2D eigenvalue weighted by Crippen LogP contribution is -2.43. The van der Waals surface area contributed by atoms with Gasteiger partial charge in [0.2, 0.25) is 0 Å². The van der Waals surface area contributed by atoms with Crippen molar-refractivity contribution < 1.29 is 18.7 Å². The zero-order valence-corrected chi connectivity index (χ0v) is 21.2. The monoisotopic (exact) mass is 494 g/mol. The summed E-state index contributed by atoms with van der Waals surface area (Å²) >= 11 is 2.54. The second-order valence-corrected chi connectivity index (χ2v) is 10.8. The Labute approximate surface area is 202 Å². The number of thioether (sulfide) groups is 2. The second-order valence-electron chi connectivity index (χ2n) is 8.97. The number of nitrogens with one attached hydrogen (secondary N) is 2. The first-order valence-electron chi connectivity index (χ1n) is 10.9. The highest BCUT2D eigenvalue weighted by molar-refractivity contribution is 8.13. The van der Waals surface area contributed by atoms with Crippen LogP contribution in [-0.2, 0) is 9.47 Å². The molecule has 0 saturated carbocycles. The molecule has 7 nitrogen and oxygen atoms in total. The molecule has 2 heterocycles. The van der Waals surface area contributed by atoms with Gasteiger partial charge in [-0.3, -0.25) is 5.41 Å². The molecule has 1 aliphatic heterocycles. The lowest BCUT2D eigenvalue weighted by molar-refractivity contribution is 0.0115. The summed E-state index contributed by atoms with van der Waals surface area (Å²) in [4.78, 5) is 22.1. The molecule has 1 unspecified atom stereocenters. The predicted molar refractivity (Wildman–Crippen MR) is 130 cm³/mol. The first kappa shape index (κ1) is 25.4. The quantitative estimate of drug-likeness (QED) is 0.300. The molecule has 3 rings (SSSR count). The molecule has 2 N–H and O–H groups in total. The highest BCUT2D eigenvalue weighted by atomic mass is 32.2. The summed E-state index contributed by atoms with van der Waals surface area (Å²) < 4.78 is 25.6. The van der Waals surface area contributed by atoms with Crippen LogP contribution in [0.3, 0.4) is 0 Å². The average Bonchev–Trinajstić information content (AvgIpc) is 3.20. The number of aromatic nitrogens is 2. The molecule has 1 fully saturated rings. The van der Waals surface area contributed by atoms with Crippen molar-refractivity contribution in [2.24, 2.45) is 5.92 Å². The van der Waals surface area contributed by atoms with Crippen LogP contribution in [0.1, 0.15) is 40.5 Å². The molecule has 1 amide bonds. The van der Waals surface area contributed by atoms with Crippen LogP contribution in [0.25, 0.3) is 11.3 Å². The van der Waals surface area contributed by atoms with Gasteiger partial charge in [0.05, 0.1) is 11.9 Å². The summed E-state index contributed by atoms with van der Waals surface area (Å²) in [5, 5.41) is 8.70. The number of imidazole rings is 1. The number of carbonyl (C=O) groups excluding carboxylic acids is 1. The molecular weight excluding hydrogens is 463 g/mol. The number of likely N-dealkylation sites (tertiary alicyclic amines) is 1. The van der Waals surface area contributed by atoms with E-state index in [1.54, 1.807) is 17.2 Å². The molecule has 0 spiro atoms. The molecular formula is C23H31FN4O3S2. The van der Waals surface area contributed by atoms with Gasteiger partial charge in [-0.25, -0.2) is 14.2 Å². The van der Waals surface area contributed by atoms with Gasteiger partial charge in [-0.2, -0.15) is 0 Å². The minimum atomic E-state index is -0.508. The Kier molecular flexibility index (Phi) is 8.33. The van der Waals surface area contributed by atoms with Crippen molar-refractivity contribution in [2.45, 2.75) is 62.3 Å². The smallest absolute Gasteiger partial charge is 0.410 e. The number of benzene rings is 1. The van der Waals surface area contributed by atoms with Gasteiger partial charge in [0.15, 0.2) is 5.16 Å². The minimum Gasteiger partial charge on any atom is -0.470 e. The van der Waals surface area contributed by atoms with Crippen LogP contribution in [0.5, 0.6) is 0 Å². The molecule has 2 aromatic rings. The number of nitrogens with zero attached hydrogens (tertiary/aromatic N) is 2. The number of aromatic amines is 1. The van der Waals surface area contributed by atoms with E-state index in [0.29, 0.717) is 29.5 Å². The van der Waals surface area contributed by atoms with E-state index >= 15 is 0 Å². The Hall–Kier alpha value is -2.20. The summed E-state index contributed by atoms with van der Waals surface area (Å²) in [6, 6.07) is 5.07. The van der Waals surface area contributed by atoms with E-state index in [2.05, 4.69) is 9.97 Å². The molecule has 33 heavy (non-hydrogen) atoms. The molecule has 180 valence electrons. The Balaban J connectivity index is 1.49. The molecule has 0 aliphatic carbocycles. The third-order valence-electron chi connectivity index (χ3n) is 5.36. The third kappa shape index (κ3) is 7.14. The topological polar surface area (TPSA) is 91.3 Å². The van der Waals surface area contributed by atoms with Crippen LogP contribution >= 0.6 is 23.5 Å². The van der Waals surface area contributed by atoms with Crippen LogP contribution in [0.2, 0.25) is 0 Å².